The molecule has 3 heteroatoms. The number of rotatable bonds is 8. The predicted molar refractivity (Wildman–Crippen MR) is 78.0 cm³/mol. The second-order valence-corrected chi connectivity index (χ2v) is 6.05. The van der Waals surface area contributed by atoms with Gasteiger partial charge in [-0.2, -0.15) is 0 Å². The van der Waals surface area contributed by atoms with Crippen molar-refractivity contribution in [3.8, 4) is 0 Å². The van der Waals surface area contributed by atoms with Crippen molar-refractivity contribution in [2.75, 3.05) is 45.8 Å². The Kier molecular flexibility index (Phi) is 5.93. The van der Waals surface area contributed by atoms with E-state index < -0.39 is 0 Å². The minimum Gasteiger partial charge on any atom is -0.315 e. The van der Waals surface area contributed by atoms with Gasteiger partial charge in [-0.3, -0.25) is 4.90 Å². The van der Waals surface area contributed by atoms with Gasteiger partial charge >= 0.3 is 0 Å². The van der Waals surface area contributed by atoms with Gasteiger partial charge in [0, 0.05) is 45.3 Å². The zero-order valence-corrected chi connectivity index (χ0v) is 12.3. The SMILES string of the molecule is CCCNCC(CC)N1CCN(CC2CC2)CC1. The van der Waals surface area contributed by atoms with Gasteiger partial charge in [0.25, 0.3) is 0 Å². The molecule has 1 aliphatic heterocycles. The third kappa shape index (κ3) is 4.52. The Morgan fingerprint density at radius 1 is 1.11 bits per heavy atom. The van der Waals surface area contributed by atoms with Crippen LogP contribution < -0.4 is 5.32 Å². The molecule has 2 aliphatic rings. The van der Waals surface area contributed by atoms with Gasteiger partial charge in [0.05, 0.1) is 0 Å². The van der Waals surface area contributed by atoms with Crippen LogP contribution in [-0.2, 0) is 0 Å². The Labute approximate surface area is 113 Å². The Bertz CT molecular complexity index is 220. The minimum absolute atomic E-state index is 0.750. The van der Waals surface area contributed by atoms with Crippen LogP contribution in [0.5, 0.6) is 0 Å². The first kappa shape index (κ1) is 14.3. The van der Waals surface area contributed by atoms with E-state index in [9.17, 15) is 0 Å². The van der Waals surface area contributed by atoms with E-state index in [-0.39, 0.29) is 0 Å². The van der Waals surface area contributed by atoms with Gasteiger partial charge in [0.15, 0.2) is 0 Å². The van der Waals surface area contributed by atoms with Crippen LogP contribution in [0.4, 0.5) is 0 Å². The molecule has 1 saturated carbocycles. The molecule has 1 aliphatic carbocycles. The summed E-state index contributed by atoms with van der Waals surface area (Å²) in [5.41, 5.74) is 0. The number of nitrogens with zero attached hydrogens (tertiary/aromatic N) is 2. The van der Waals surface area contributed by atoms with Crippen LogP contribution >= 0.6 is 0 Å². The van der Waals surface area contributed by atoms with Crippen molar-refractivity contribution in [1.82, 2.24) is 15.1 Å². The van der Waals surface area contributed by atoms with Gasteiger partial charge in [0.2, 0.25) is 0 Å². The third-order valence-electron chi connectivity index (χ3n) is 4.41. The molecule has 3 nitrogen and oxygen atoms in total. The zero-order chi connectivity index (χ0) is 12.8. The number of nitrogens with one attached hydrogen (secondary N) is 1. The van der Waals surface area contributed by atoms with Gasteiger partial charge < -0.3 is 10.2 Å². The highest BCUT2D eigenvalue weighted by molar-refractivity contribution is 4.83. The van der Waals surface area contributed by atoms with E-state index in [1.54, 1.807) is 0 Å². The summed E-state index contributed by atoms with van der Waals surface area (Å²) in [6, 6.07) is 0.750. The lowest BCUT2D eigenvalue weighted by atomic mass is 10.1. The van der Waals surface area contributed by atoms with E-state index in [0.717, 1.165) is 18.5 Å². The van der Waals surface area contributed by atoms with Crippen molar-refractivity contribution < 1.29 is 0 Å². The monoisotopic (exact) mass is 253 g/mol. The van der Waals surface area contributed by atoms with Crippen LogP contribution in [0.2, 0.25) is 0 Å². The zero-order valence-electron chi connectivity index (χ0n) is 12.3. The maximum absolute atomic E-state index is 3.58. The topological polar surface area (TPSA) is 18.5 Å². The van der Waals surface area contributed by atoms with E-state index in [1.165, 1.54) is 65.0 Å². The quantitative estimate of drug-likeness (QED) is 0.665. The first-order valence-electron chi connectivity index (χ1n) is 8.00. The van der Waals surface area contributed by atoms with Crippen molar-refractivity contribution >= 4 is 0 Å². The third-order valence-corrected chi connectivity index (χ3v) is 4.41. The lowest BCUT2D eigenvalue weighted by Gasteiger charge is -2.39. The largest absolute Gasteiger partial charge is 0.315 e. The van der Waals surface area contributed by atoms with Gasteiger partial charge in [-0.05, 0) is 38.1 Å². The molecule has 2 fully saturated rings. The van der Waals surface area contributed by atoms with E-state index in [2.05, 4.69) is 29.0 Å². The maximum atomic E-state index is 3.58. The summed E-state index contributed by atoms with van der Waals surface area (Å²) in [5.74, 6) is 1.05. The van der Waals surface area contributed by atoms with Crippen molar-refractivity contribution in [2.45, 2.75) is 45.6 Å². The molecule has 0 aromatic carbocycles. The Morgan fingerprint density at radius 3 is 2.39 bits per heavy atom. The molecule has 0 bridgehead atoms. The van der Waals surface area contributed by atoms with Crippen molar-refractivity contribution in [3.05, 3.63) is 0 Å². The van der Waals surface area contributed by atoms with Crippen LogP contribution in [0.1, 0.15) is 39.5 Å². The second kappa shape index (κ2) is 7.46. The molecule has 18 heavy (non-hydrogen) atoms. The molecule has 1 atom stereocenters. The highest BCUT2D eigenvalue weighted by Crippen LogP contribution is 2.30. The summed E-state index contributed by atoms with van der Waals surface area (Å²) in [7, 11) is 0. The van der Waals surface area contributed by atoms with E-state index in [0.29, 0.717) is 0 Å². The van der Waals surface area contributed by atoms with Crippen molar-refractivity contribution in [1.29, 1.82) is 0 Å². The Morgan fingerprint density at radius 2 is 1.83 bits per heavy atom. The maximum Gasteiger partial charge on any atom is 0.0219 e. The van der Waals surface area contributed by atoms with Crippen LogP contribution in [0.3, 0.4) is 0 Å². The van der Waals surface area contributed by atoms with Gasteiger partial charge in [-0.25, -0.2) is 0 Å². The molecule has 106 valence electrons. The summed E-state index contributed by atoms with van der Waals surface area (Å²) in [5, 5.41) is 3.58. The van der Waals surface area contributed by atoms with E-state index >= 15 is 0 Å². The number of hydrogen-bond acceptors (Lipinski definition) is 3. The van der Waals surface area contributed by atoms with Gasteiger partial charge in [0.1, 0.15) is 0 Å². The molecule has 0 amide bonds. The normalized spacial score (nSPS) is 24.3. The first-order valence-corrected chi connectivity index (χ1v) is 8.00. The lowest BCUT2D eigenvalue weighted by molar-refractivity contribution is 0.0906. The Hall–Kier alpha value is -0.120. The molecule has 0 radical (unpaired) electrons. The fourth-order valence-electron chi connectivity index (χ4n) is 2.95. The smallest absolute Gasteiger partial charge is 0.0219 e. The average Bonchev–Trinajstić information content (AvgIpc) is 3.20. The molecule has 1 saturated heterocycles. The predicted octanol–water partition coefficient (Wildman–Crippen LogP) is 1.79. The minimum atomic E-state index is 0.750. The molecular formula is C15H31N3. The fourth-order valence-corrected chi connectivity index (χ4v) is 2.95. The van der Waals surface area contributed by atoms with Crippen molar-refractivity contribution in [3.63, 3.8) is 0 Å². The van der Waals surface area contributed by atoms with E-state index in [1.807, 2.05) is 0 Å². The van der Waals surface area contributed by atoms with Crippen molar-refractivity contribution in [2.24, 2.45) is 5.92 Å². The van der Waals surface area contributed by atoms with Crippen LogP contribution in [0.25, 0.3) is 0 Å². The summed E-state index contributed by atoms with van der Waals surface area (Å²) in [6.45, 7) is 13.4. The molecule has 1 heterocycles. The first-order chi connectivity index (χ1) is 8.83. The molecule has 0 aromatic heterocycles. The summed E-state index contributed by atoms with van der Waals surface area (Å²) >= 11 is 0. The molecular weight excluding hydrogens is 222 g/mol. The molecule has 2 rings (SSSR count). The second-order valence-electron chi connectivity index (χ2n) is 6.05. The lowest BCUT2D eigenvalue weighted by Crippen LogP contribution is -2.53. The summed E-state index contributed by atoms with van der Waals surface area (Å²) in [4.78, 5) is 5.38. The van der Waals surface area contributed by atoms with Crippen LogP contribution in [-0.4, -0.2) is 61.7 Å². The Balaban J connectivity index is 1.65. The fraction of sp³-hybridized carbons (Fsp3) is 1.00. The summed E-state index contributed by atoms with van der Waals surface area (Å²) < 4.78 is 0. The molecule has 1 N–H and O–H groups in total. The van der Waals surface area contributed by atoms with Crippen LogP contribution in [0, 0.1) is 5.92 Å². The van der Waals surface area contributed by atoms with Crippen LogP contribution in [0.15, 0.2) is 0 Å². The molecule has 1 unspecified atom stereocenters. The number of hydrogen-bond donors (Lipinski definition) is 1. The van der Waals surface area contributed by atoms with E-state index in [4.69, 9.17) is 0 Å². The standard InChI is InChI=1S/C15H31N3/c1-3-7-16-12-15(4-2)18-10-8-17(9-11-18)13-14-5-6-14/h14-16H,3-13H2,1-2H3. The number of piperazine rings is 1. The highest BCUT2D eigenvalue weighted by atomic mass is 15.3. The molecule has 0 spiro atoms. The summed E-state index contributed by atoms with van der Waals surface area (Å²) in [6.07, 6.45) is 5.49. The molecule has 0 aromatic rings. The van der Waals surface area contributed by atoms with Gasteiger partial charge in [-0.1, -0.05) is 13.8 Å². The van der Waals surface area contributed by atoms with Gasteiger partial charge in [-0.15, -0.1) is 0 Å². The average molecular weight is 253 g/mol. The highest BCUT2D eigenvalue weighted by Gasteiger charge is 2.27.